The fraction of sp³-hybridized carbons (Fsp3) is 0.613. The molecule has 2 fully saturated rings. The van der Waals surface area contributed by atoms with E-state index in [0.29, 0.717) is 89.3 Å². The van der Waals surface area contributed by atoms with Crippen LogP contribution >= 0.6 is 23.2 Å². The molecule has 0 aliphatic carbocycles. The van der Waals surface area contributed by atoms with Crippen LogP contribution in [0.4, 0.5) is 11.4 Å². The van der Waals surface area contributed by atoms with E-state index in [0.717, 1.165) is 146 Å². The number of alkyl halides is 2. The second kappa shape index (κ2) is 32.5. The lowest BCUT2D eigenvalue weighted by Crippen LogP contribution is -2.50. The summed E-state index contributed by atoms with van der Waals surface area (Å²) >= 11 is 10.1. The van der Waals surface area contributed by atoms with Gasteiger partial charge in [0, 0.05) is 89.1 Å². The van der Waals surface area contributed by atoms with Crippen LogP contribution in [0.25, 0.3) is 0 Å². The molecule has 2 N–H and O–H groups in total. The van der Waals surface area contributed by atoms with Crippen LogP contribution in [0, 0.1) is 27.7 Å². The van der Waals surface area contributed by atoms with Crippen molar-refractivity contribution < 1.29 is 36.0 Å². The van der Waals surface area contributed by atoms with Gasteiger partial charge in [0.1, 0.15) is 22.7 Å². The van der Waals surface area contributed by atoms with E-state index in [9.17, 15) is 36.0 Å². The lowest BCUT2D eigenvalue weighted by atomic mass is 9.89. The Labute approximate surface area is 500 Å². The Morgan fingerprint density at radius 1 is 0.732 bits per heavy atom. The van der Waals surface area contributed by atoms with Crippen LogP contribution < -0.4 is 20.4 Å². The number of nitrogens with zero attached hydrogens (tertiary/aromatic N) is 6. The maximum atomic E-state index is 13.3. The van der Waals surface area contributed by atoms with Crippen molar-refractivity contribution in [3.63, 3.8) is 0 Å². The van der Waals surface area contributed by atoms with E-state index in [-0.39, 0.29) is 35.1 Å². The number of amidine groups is 2. The van der Waals surface area contributed by atoms with Crippen LogP contribution in [0.15, 0.2) is 71.7 Å². The molecular formula is C62H92Cl2N8O8S2. The van der Waals surface area contributed by atoms with E-state index < -0.39 is 31.1 Å². The predicted molar refractivity (Wildman–Crippen MR) is 337 cm³/mol. The second-order valence-electron chi connectivity index (χ2n) is 22.5. The van der Waals surface area contributed by atoms with Gasteiger partial charge in [0.2, 0.25) is 31.9 Å². The van der Waals surface area contributed by atoms with Crippen LogP contribution in [0.5, 0.6) is 0 Å². The Hall–Kier alpha value is -4.72. The number of hydrogen-bond acceptors (Lipinski definition) is 10. The highest BCUT2D eigenvalue weighted by atomic mass is 35.5. The highest BCUT2D eigenvalue weighted by molar-refractivity contribution is 7.89. The number of unbranched alkanes of at least 4 members (excludes halogenated alkanes) is 4. The van der Waals surface area contributed by atoms with Crippen LogP contribution in [0.3, 0.4) is 0 Å². The first-order valence-electron chi connectivity index (χ1n) is 29.5. The number of halogens is 2. The van der Waals surface area contributed by atoms with Gasteiger partial charge in [0.15, 0.2) is 0 Å². The second-order valence-corrected chi connectivity index (χ2v) is 27.4. The molecule has 2 saturated heterocycles. The molecule has 454 valence electrons. The number of fused-ring (bicyclic) bond motifs is 2. The number of sulfonamides is 2. The molecular weight excluding hydrogens is 1120 g/mol. The molecule has 5 bridgehead atoms. The molecule has 20 heteroatoms. The molecule has 2 aromatic carbocycles. The van der Waals surface area contributed by atoms with Gasteiger partial charge in [-0.05, 0) is 201 Å². The standard InChI is InChI=1S/C31H46N4O4S.C29H42N4O4S.C2H4Cl2/c1-6-8-10-12-14-28-32-30(37)31(33-28)17-19-35(20-18-31)40(38,39)21-16-27-24(3)22-26(23-25(27)4)34(5)29(36)15-13-11-9-7-2;1-22-20-24-21-23(2)25(22)14-19-38(36,37)33-17-15-29(16-18-33)28(35)30-26(31-29)12-10-8-6-4-5-7-9-11-13-27(34)32(24)3;3-1-2-4/h6-7,22-23H,1-2,8-21H2,3-5H3,(H,32,33,37);4-5,20-21H,6-19H2,1-3H3,(H,30,31,35);1-2H2/b;5-4+;. The minimum Gasteiger partial charge on any atom is -0.315 e. The number of carbonyl (C=O) groups is 4. The van der Waals surface area contributed by atoms with Crippen molar-refractivity contribution in [2.75, 3.05) is 73.3 Å². The average Bonchev–Trinajstić information content (AvgIpc) is 4.10. The number of carbonyl (C=O) groups excluding carboxylic acids is 4. The molecule has 0 unspecified atom stereocenters. The Kier molecular flexibility index (Phi) is 27.0. The highest BCUT2D eigenvalue weighted by Gasteiger charge is 2.48. The van der Waals surface area contributed by atoms with Gasteiger partial charge in [-0.25, -0.2) is 25.4 Å². The number of amides is 4. The van der Waals surface area contributed by atoms with Crippen LogP contribution in [-0.2, 0) is 52.1 Å². The van der Waals surface area contributed by atoms with Gasteiger partial charge in [-0.3, -0.25) is 29.2 Å². The van der Waals surface area contributed by atoms with Crippen molar-refractivity contribution in [2.24, 2.45) is 9.98 Å². The zero-order chi connectivity index (χ0) is 60.1. The van der Waals surface area contributed by atoms with Crippen LogP contribution in [0.2, 0.25) is 0 Å². The number of anilines is 2. The molecule has 7 heterocycles. The number of aryl methyl sites for hydroxylation is 4. The molecule has 0 atom stereocenters. The average molecular weight is 1210 g/mol. The van der Waals surface area contributed by atoms with Gasteiger partial charge in [-0.15, -0.1) is 36.4 Å². The smallest absolute Gasteiger partial charge is 0.253 e. The minimum absolute atomic E-state index is 0.00309. The van der Waals surface area contributed by atoms with Gasteiger partial charge in [0.25, 0.3) is 11.8 Å². The Morgan fingerprint density at radius 3 is 1.87 bits per heavy atom. The van der Waals surface area contributed by atoms with Gasteiger partial charge in [-0.2, -0.15) is 0 Å². The summed E-state index contributed by atoms with van der Waals surface area (Å²) in [5.41, 5.74) is 5.96. The SMILES string of the molecule is C=CCCCCC(=O)N(C)c1cc(C)c(CCS(=O)(=O)N2CCC3(CC2)N=C(CCCCC=C)NC3=O)c(C)c1.Cc1cc2cc(C)c1CCS(=O)(=O)N1CCC3(CC1)N=C(CCCC/C=C/CCCCC(=O)N2C)NC3=O.ClCCCl. The van der Waals surface area contributed by atoms with Gasteiger partial charge >= 0.3 is 0 Å². The van der Waals surface area contributed by atoms with Crippen LogP contribution in [0.1, 0.15) is 162 Å². The van der Waals surface area contributed by atoms with Crippen molar-refractivity contribution in [1.82, 2.24) is 19.2 Å². The summed E-state index contributed by atoms with van der Waals surface area (Å²) in [6.07, 6.45) is 24.3. The summed E-state index contributed by atoms with van der Waals surface area (Å²) < 4.78 is 56.0. The number of aliphatic imine (C=N–C) groups is 2. The molecule has 7 aliphatic rings. The number of allylic oxidation sites excluding steroid dienone is 4. The first kappa shape index (κ1) is 68.1. The summed E-state index contributed by atoms with van der Waals surface area (Å²) in [7, 11) is -3.37. The number of piperidine rings is 2. The molecule has 2 aromatic rings. The van der Waals surface area contributed by atoms with Crippen molar-refractivity contribution in [2.45, 2.75) is 180 Å². The molecule has 16 nitrogen and oxygen atoms in total. The van der Waals surface area contributed by atoms with Gasteiger partial charge in [0.05, 0.1) is 11.5 Å². The third-order valence-electron chi connectivity index (χ3n) is 16.5. The molecule has 82 heavy (non-hydrogen) atoms. The van der Waals surface area contributed by atoms with Gasteiger partial charge in [-0.1, -0.05) is 24.3 Å². The first-order chi connectivity index (χ1) is 39.0. The van der Waals surface area contributed by atoms with Crippen molar-refractivity contribution in [3.05, 3.63) is 95.1 Å². The van der Waals surface area contributed by atoms with Crippen molar-refractivity contribution in [3.8, 4) is 0 Å². The number of benzene rings is 2. The maximum absolute atomic E-state index is 13.3. The van der Waals surface area contributed by atoms with E-state index >= 15 is 0 Å². The van der Waals surface area contributed by atoms with Crippen molar-refractivity contribution >= 4 is 89.9 Å². The fourth-order valence-electron chi connectivity index (χ4n) is 11.3. The number of nitrogens with one attached hydrogen (secondary N) is 2. The van der Waals surface area contributed by atoms with Crippen LogP contribution in [-0.4, -0.2) is 135 Å². The molecule has 2 spiro atoms. The summed E-state index contributed by atoms with van der Waals surface area (Å²) in [5, 5.41) is 5.89. The molecule has 9 rings (SSSR count). The van der Waals surface area contributed by atoms with E-state index in [2.05, 4.69) is 35.9 Å². The monoisotopic (exact) mass is 1210 g/mol. The summed E-state index contributed by atoms with van der Waals surface area (Å²) in [6, 6.07) is 7.89. The van der Waals surface area contributed by atoms with E-state index in [1.165, 1.54) is 8.61 Å². The quantitative estimate of drug-likeness (QED) is 0.0940. The topological polar surface area (TPSA) is 198 Å². The molecule has 0 radical (unpaired) electrons. The van der Waals surface area contributed by atoms with E-state index in [4.69, 9.17) is 33.2 Å². The maximum Gasteiger partial charge on any atom is 0.253 e. The highest BCUT2D eigenvalue weighted by Crippen LogP contribution is 2.35. The lowest BCUT2D eigenvalue weighted by Gasteiger charge is -2.34. The van der Waals surface area contributed by atoms with Gasteiger partial charge < -0.3 is 20.4 Å². The van der Waals surface area contributed by atoms with Crippen molar-refractivity contribution in [1.29, 1.82) is 0 Å². The molecule has 0 aromatic heterocycles. The van der Waals surface area contributed by atoms with E-state index in [1.807, 2.05) is 71.2 Å². The molecule has 7 aliphatic heterocycles. The Balaban J connectivity index is 0.000000282. The molecule has 4 amide bonds. The first-order valence-corrected chi connectivity index (χ1v) is 33.8. The summed E-state index contributed by atoms with van der Waals surface area (Å²) in [4.78, 5) is 63.9. The molecule has 0 saturated carbocycles. The number of hydrogen-bond donors (Lipinski definition) is 2. The Morgan fingerprint density at radius 2 is 1.28 bits per heavy atom. The normalized spacial score (nSPS) is 21.8. The predicted octanol–water partition coefficient (Wildman–Crippen LogP) is 10.7. The fourth-order valence-corrected chi connectivity index (χ4v) is 14.2. The zero-order valence-electron chi connectivity index (χ0n) is 49.8. The minimum atomic E-state index is -3.50. The summed E-state index contributed by atoms with van der Waals surface area (Å²) in [6.45, 7) is 16.6. The largest absolute Gasteiger partial charge is 0.315 e. The van der Waals surface area contributed by atoms with E-state index in [1.54, 1.807) is 16.8 Å². The Bertz CT molecular complexity index is 2830. The third kappa shape index (κ3) is 19.1. The third-order valence-corrected chi connectivity index (χ3v) is 20.8. The zero-order valence-corrected chi connectivity index (χ0v) is 52.9. The lowest BCUT2D eigenvalue weighted by molar-refractivity contribution is -0.125. The summed E-state index contributed by atoms with van der Waals surface area (Å²) in [5.74, 6) is 2.58. The number of rotatable bonds is 16.